The van der Waals surface area contributed by atoms with Crippen molar-refractivity contribution in [3.63, 3.8) is 0 Å². The summed E-state index contributed by atoms with van der Waals surface area (Å²) < 4.78 is 0.822. The van der Waals surface area contributed by atoms with Crippen LogP contribution in [0.1, 0.15) is 44.6 Å². The molecule has 172 valence electrons. The molecule has 4 N–H and O–H groups in total. The Kier molecular flexibility index (Phi) is 7.34. The Morgan fingerprint density at radius 3 is 2.69 bits per heavy atom. The predicted octanol–water partition coefficient (Wildman–Crippen LogP) is 4.49. The van der Waals surface area contributed by atoms with E-state index in [1.165, 1.54) is 5.56 Å². The minimum absolute atomic E-state index is 0.256. The topological polar surface area (TPSA) is 95.8 Å². The van der Waals surface area contributed by atoms with Gasteiger partial charge in [-0.05, 0) is 78.8 Å². The lowest BCUT2D eigenvalue weighted by molar-refractivity contribution is 0.230. The van der Waals surface area contributed by atoms with Crippen LogP contribution in [0.25, 0.3) is 11.0 Å². The number of aromatic amines is 1. The van der Waals surface area contributed by atoms with E-state index in [2.05, 4.69) is 72.3 Å². The summed E-state index contributed by atoms with van der Waals surface area (Å²) in [5.74, 6) is 1.67. The fourth-order valence-corrected chi connectivity index (χ4v) is 5.61. The van der Waals surface area contributed by atoms with Crippen LogP contribution in [0.2, 0.25) is 5.02 Å². The monoisotopic (exact) mass is 519 g/mol. The third-order valence-electron chi connectivity index (χ3n) is 6.63. The summed E-state index contributed by atoms with van der Waals surface area (Å²) >= 11 is 9.74. The average molecular weight is 521 g/mol. The standard InChI is InChI=1S/C23H31BrClN7/c1-3-27-11-10-23(2,26)19(15-4-6-17(25)7-5-15)16-8-12-32(13-9-16)22-18-20(24)30-31-21(18)28-14-29-22/h4-7,14,16,19,27H,3,8-13,26H2,1-2H3,(H,28,29,30,31). The molecule has 2 aromatic heterocycles. The van der Waals surface area contributed by atoms with Crippen molar-refractivity contribution in [2.24, 2.45) is 11.7 Å². The van der Waals surface area contributed by atoms with Crippen molar-refractivity contribution < 1.29 is 0 Å². The third kappa shape index (κ3) is 4.93. The van der Waals surface area contributed by atoms with Crippen LogP contribution in [0.5, 0.6) is 0 Å². The van der Waals surface area contributed by atoms with E-state index in [9.17, 15) is 0 Å². The molecule has 1 aromatic carbocycles. The van der Waals surface area contributed by atoms with E-state index in [0.29, 0.717) is 11.6 Å². The van der Waals surface area contributed by atoms with E-state index in [4.69, 9.17) is 17.3 Å². The number of H-pyrrole nitrogens is 1. The molecule has 1 fully saturated rings. The molecule has 3 heterocycles. The molecule has 32 heavy (non-hydrogen) atoms. The van der Waals surface area contributed by atoms with Crippen LogP contribution in [0.4, 0.5) is 5.82 Å². The van der Waals surface area contributed by atoms with Gasteiger partial charge in [0.05, 0.1) is 5.39 Å². The number of rotatable bonds is 8. The van der Waals surface area contributed by atoms with Crippen LogP contribution in [0, 0.1) is 5.92 Å². The van der Waals surface area contributed by atoms with Crippen molar-refractivity contribution in [1.29, 1.82) is 0 Å². The second-order valence-electron chi connectivity index (χ2n) is 8.90. The summed E-state index contributed by atoms with van der Waals surface area (Å²) in [6.07, 6.45) is 4.60. The van der Waals surface area contributed by atoms with Gasteiger partial charge in [0.1, 0.15) is 16.7 Å². The molecule has 0 radical (unpaired) electrons. The highest BCUT2D eigenvalue weighted by molar-refractivity contribution is 9.10. The van der Waals surface area contributed by atoms with Gasteiger partial charge in [-0.3, -0.25) is 5.10 Å². The average Bonchev–Trinajstić information content (AvgIpc) is 3.17. The molecule has 2 unspecified atom stereocenters. The summed E-state index contributed by atoms with van der Waals surface area (Å²) in [7, 11) is 0. The van der Waals surface area contributed by atoms with Gasteiger partial charge in [-0.25, -0.2) is 9.97 Å². The molecule has 2 atom stereocenters. The molecule has 0 spiro atoms. The van der Waals surface area contributed by atoms with Crippen LogP contribution in [0.3, 0.4) is 0 Å². The SMILES string of the molecule is CCNCCC(C)(N)C(c1ccc(Cl)cc1)C1CCN(c2ncnc3n[nH]c(Br)c23)CC1. The van der Waals surface area contributed by atoms with Gasteiger partial charge in [0.15, 0.2) is 5.65 Å². The number of halogens is 2. The van der Waals surface area contributed by atoms with Crippen LogP contribution in [-0.4, -0.2) is 51.9 Å². The van der Waals surface area contributed by atoms with E-state index in [-0.39, 0.29) is 11.5 Å². The Balaban J connectivity index is 1.55. The Morgan fingerprint density at radius 1 is 1.28 bits per heavy atom. The fourth-order valence-electron chi connectivity index (χ4n) is 5.04. The zero-order chi connectivity index (χ0) is 22.7. The largest absolute Gasteiger partial charge is 0.356 e. The number of nitrogens with two attached hydrogens (primary N) is 1. The van der Waals surface area contributed by atoms with Gasteiger partial charge >= 0.3 is 0 Å². The quantitative estimate of drug-likeness (QED) is 0.379. The Hall–Kier alpha value is -1.74. The van der Waals surface area contributed by atoms with Crippen molar-refractivity contribution in [2.75, 3.05) is 31.1 Å². The second kappa shape index (κ2) is 10.0. The maximum absolute atomic E-state index is 7.00. The summed E-state index contributed by atoms with van der Waals surface area (Å²) in [4.78, 5) is 11.2. The molecule has 1 saturated heterocycles. The highest BCUT2D eigenvalue weighted by Crippen LogP contribution is 2.42. The van der Waals surface area contributed by atoms with Gasteiger partial charge in [0.2, 0.25) is 0 Å². The summed E-state index contributed by atoms with van der Waals surface area (Å²) in [5.41, 5.74) is 8.64. The van der Waals surface area contributed by atoms with Crippen molar-refractivity contribution >= 4 is 44.4 Å². The number of nitrogens with one attached hydrogen (secondary N) is 2. The minimum atomic E-state index is -0.321. The zero-order valence-corrected chi connectivity index (χ0v) is 21.0. The van der Waals surface area contributed by atoms with E-state index in [1.807, 2.05) is 12.1 Å². The molecule has 0 saturated carbocycles. The van der Waals surface area contributed by atoms with Gasteiger partial charge in [0, 0.05) is 29.6 Å². The molecule has 1 aliphatic rings. The maximum atomic E-state index is 7.00. The Bertz CT molecular complexity index is 1030. The number of fused-ring (bicyclic) bond motifs is 1. The number of hydrogen-bond acceptors (Lipinski definition) is 6. The van der Waals surface area contributed by atoms with Crippen LogP contribution in [0.15, 0.2) is 35.2 Å². The minimum Gasteiger partial charge on any atom is -0.356 e. The van der Waals surface area contributed by atoms with Gasteiger partial charge in [-0.1, -0.05) is 30.7 Å². The second-order valence-corrected chi connectivity index (χ2v) is 10.1. The van der Waals surface area contributed by atoms with Gasteiger partial charge in [-0.15, -0.1) is 0 Å². The van der Waals surface area contributed by atoms with Gasteiger partial charge < -0.3 is 16.0 Å². The number of benzene rings is 1. The fraction of sp³-hybridized carbons (Fsp3) is 0.522. The first-order valence-electron chi connectivity index (χ1n) is 11.2. The lowest BCUT2D eigenvalue weighted by Crippen LogP contribution is -2.50. The number of nitrogens with zero attached hydrogens (tertiary/aromatic N) is 4. The van der Waals surface area contributed by atoms with Crippen molar-refractivity contribution in [2.45, 2.75) is 44.6 Å². The first-order valence-corrected chi connectivity index (χ1v) is 12.4. The van der Waals surface area contributed by atoms with Crippen LogP contribution >= 0.6 is 27.5 Å². The Morgan fingerprint density at radius 2 is 2.00 bits per heavy atom. The molecule has 0 bridgehead atoms. The van der Waals surface area contributed by atoms with Crippen LogP contribution < -0.4 is 16.0 Å². The molecule has 9 heteroatoms. The summed E-state index contributed by atoms with van der Waals surface area (Å²) in [6.45, 7) is 8.04. The van der Waals surface area contributed by atoms with Gasteiger partial charge in [-0.2, -0.15) is 5.10 Å². The molecule has 3 aromatic rings. The molecule has 7 nitrogen and oxygen atoms in total. The smallest absolute Gasteiger partial charge is 0.187 e. The van der Waals surface area contributed by atoms with Gasteiger partial charge in [0.25, 0.3) is 0 Å². The lowest BCUT2D eigenvalue weighted by atomic mass is 9.68. The molecule has 0 amide bonds. The number of hydrogen-bond donors (Lipinski definition) is 3. The third-order valence-corrected chi connectivity index (χ3v) is 7.45. The molecular formula is C23H31BrClN7. The first kappa shape index (κ1) is 23.4. The van der Waals surface area contributed by atoms with E-state index in [1.54, 1.807) is 6.33 Å². The molecule has 4 rings (SSSR count). The number of anilines is 1. The predicted molar refractivity (Wildman–Crippen MR) is 134 cm³/mol. The molecular weight excluding hydrogens is 490 g/mol. The number of piperidine rings is 1. The highest BCUT2D eigenvalue weighted by atomic mass is 79.9. The van der Waals surface area contributed by atoms with E-state index >= 15 is 0 Å². The zero-order valence-electron chi connectivity index (χ0n) is 18.6. The molecule has 0 aliphatic carbocycles. The maximum Gasteiger partial charge on any atom is 0.187 e. The summed E-state index contributed by atoms with van der Waals surface area (Å²) in [6, 6.07) is 8.25. The summed E-state index contributed by atoms with van der Waals surface area (Å²) in [5, 5.41) is 12.3. The van der Waals surface area contributed by atoms with Crippen LogP contribution in [-0.2, 0) is 0 Å². The normalized spacial score (nSPS) is 18.1. The highest BCUT2D eigenvalue weighted by Gasteiger charge is 2.39. The van der Waals surface area contributed by atoms with E-state index in [0.717, 1.165) is 66.3 Å². The van der Waals surface area contributed by atoms with Crippen molar-refractivity contribution in [3.8, 4) is 0 Å². The number of aromatic nitrogens is 4. The lowest BCUT2D eigenvalue weighted by Gasteiger charge is -2.44. The Labute approximate surface area is 202 Å². The van der Waals surface area contributed by atoms with E-state index < -0.39 is 0 Å². The van der Waals surface area contributed by atoms with Crippen molar-refractivity contribution in [3.05, 3.63) is 45.8 Å². The van der Waals surface area contributed by atoms with Crippen molar-refractivity contribution in [1.82, 2.24) is 25.5 Å². The first-order chi connectivity index (χ1) is 15.4. The molecule has 1 aliphatic heterocycles.